The number of amidine groups is 1. The van der Waals surface area contributed by atoms with E-state index in [4.69, 9.17) is 5.73 Å². The van der Waals surface area contributed by atoms with Crippen LogP contribution in [0.4, 0.5) is 0 Å². The maximum absolute atomic E-state index is 13.1. The van der Waals surface area contributed by atoms with Gasteiger partial charge in [-0.1, -0.05) is 60.7 Å². The largest absolute Gasteiger partial charge is 0.396 e. The molecule has 25 heavy (non-hydrogen) atoms. The van der Waals surface area contributed by atoms with Gasteiger partial charge >= 0.3 is 0 Å². The monoisotopic (exact) mass is 329 g/mol. The Morgan fingerprint density at radius 2 is 1.48 bits per heavy atom. The summed E-state index contributed by atoms with van der Waals surface area (Å²) in [6, 6.07) is 20.1. The molecule has 0 aliphatic carbocycles. The number of benzene rings is 2. The van der Waals surface area contributed by atoms with Crippen LogP contribution in [0.5, 0.6) is 0 Å². The maximum Gasteiger partial charge on any atom is 0.274 e. The fourth-order valence-corrected chi connectivity index (χ4v) is 3.54. The Balaban J connectivity index is 1.78. The van der Waals surface area contributed by atoms with E-state index in [2.05, 4.69) is 4.99 Å². The predicted octanol–water partition coefficient (Wildman–Crippen LogP) is 2.82. The fourth-order valence-electron chi connectivity index (χ4n) is 3.54. The van der Waals surface area contributed by atoms with Gasteiger partial charge in [-0.3, -0.25) is 4.79 Å². The van der Waals surface area contributed by atoms with Crippen molar-refractivity contribution in [1.82, 2.24) is 4.90 Å². The van der Waals surface area contributed by atoms with Crippen LogP contribution in [-0.2, 0) is 17.6 Å². The third-order valence-electron chi connectivity index (χ3n) is 4.74. The molecule has 4 heteroatoms. The standard InChI is InChI=1S/C21H19N3O/c22-18-12-7-13-24-19(18)23-20(25)21(24,14-16-8-3-1-4-9-16)15-17-10-5-2-6-11-17/h1-13H,14-15,22H2. The molecule has 2 aromatic rings. The molecule has 0 fully saturated rings. The number of nitrogens with two attached hydrogens (primary N) is 1. The Kier molecular flexibility index (Phi) is 3.73. The van der Waals surface area contributed by atoms with E-state index in [1.165, 1.54) is 0 Å². The Bertz CT molecular complexity index is 840. The molecule has 2 aromatic carbocycles. The van der Waals surface area contributed by atoms with Crippen LogP contribution in [0, 0.1) is 0 Å². The van der Waals surface area contributed by atoms with Gasteiger partial charge in [-0.15, -0.1) is 0 Å². The van der Waals surface area contributed by atoms with E-state index >= 15 is 0 Å². The predicted molar refractivity (Wildman–Crippen MR) is 98.7 cm³/mol. The molecule has 0 aromatic heterocycles. The van der Waals surface area contributed by atoms with Gasteiger partial charge in [-0.2, -0.15) is 4.99 Å². The summed E-state index contributed by atoms with van der Waals surface area (Å²) in [6.07, 6.45) is 6.71. The van der Waals surface area contributed by atoms with Gasteiger partial charge in [0.05, 0.1) is 5.70 Å². The van der Waals surface area contributed by atoms with E-state index in [-0.39, 0.29) is 5.91 Å². The topological polar surface area (TPSA) is 58.7 Å². The second-order valence-corrected chi connectivity index (χ2v) is 6.43. The van der Waals surface area contributed by atoms with Crippen molar-refractivity contribution in [3.8, 4) is 0 Å². The number of allylic oxidation sites excluding steroid dienone is 2. The maximum atomic E-state index is 13.1. The summed E-state index contributed by atoms with van der Waals surface area (Å²) >= 11 is 0. The van der Waals surface area contributed by atoms with E-state index in [0.29, 0.717) is 24.4 Å². The minimum atomic E-state index is -0.784. The van der Waals surface area contributed by atoms with Gasteiger partial charge in [0.15, 0.2) is 5.84 Å². The van der Waals surface area contributed by atoms with Crippen molar-refractivity contribution in [1.29, 1.82) is 0 Å². The number of carbonyl (C=O) groups is 1. The zero-order valence-corrected chi connectivity index (χ0v) is 13.8. The van der Waals surface area contributed by atoms with Gasteiger partial charge < -0.3 is 10.6 Å². The summed E-state index contributed by atoms with van der Waals surface area (Å²) in [4.78, 5) is 19.3. The molecule has 2 aliphatic rings. The summed E-state index contributed by atoms with van der Waals surface area (Å²) in [5.74, 6) is 0.414. The third kappa shape index (κ3) is 2.66. The third-order valence-corrected chi connectivity index (χ3v) is 4.74. The molecule has 2 N–H and O–H groups in total. The zero-order chi connectivity index (χ0) is 17.3. The highest BCUT2D eigenvalue weighted by molar-refractivity contribution is 6.14. The summed E-state index contributed by atoms with van der Waals surface area (Å²) in [6.45, 7) is 0. The van der Waals surface area contributed by atoms with Crippen LogP contribution in [-0.4, -0.2) is 22.2 Å². The van der Waals surface area contributed by atoms with Crippen molar-refractivity contribution in [2.24, 2.45) is 10.7 Å². The molecular formula is C21H19N3O. The highest BCUT2D eigenvalue weighted by Gasteiger charge is 2.50. The van der Waals surface area contributed by atoms with Crippen molar-refractivity contribution in [2.45, 2.75) is 18.4 Å². The first-order valence-electron chi connectivity index (χ1n) is 8.34. The van der Waals surface area contributed by atoms with E-state index in [0.717, 1.165) is 11.1 Å². The lowest BCUT2D eigenvalue weighted by Crippen LogP contribution is -2.53. The first kappa shape index (κ1) is 15.4. The zero-order valence-electron chi connectivity index (χ0n) is 13.8. The highest BCUT2D eigenvalue weighted by atomic mass is 16.2. The number of nitrogens with zero attached hydrogens (tertiary/aromatic N) is 2. The molecule has 2 aliphatic heterocycles. The Hall–Kier alpha value is -3.14. The van der Waals surface area contributed by atoms with Gasteiger partial charge in [0, 0.05) is 19.0 Å². The lowest BCUT2D eigenvalue weighted by molar-refractivity contribution is -0.124. The summed E-state index contributed by atoms with van der Waals surface area (Å²) in [5.41, 5.74) is 8.02. The number of hydrogen-bond acceptors (Lipinski definition) is 3. The fraction of sp³-hybridized carbons (Fsp3) is 0.143. The first-order valence-corrected chi connectivity index (χ1v) is 8.34. The number of aliphatic imine (C=N–C) groups is 1. The van der Waals surface area contributed by atoms with Gasteiger partial charge in [0.1, 0.15) is 5.54 Å². The van der Waals surface area contributed by atoms with E-state index in [9.17, 15) is 4.79 Å². The normalized spacial score (nSPS) is 17.9. The number of hydrogen-bond donors (Lipinski definition) is 1. The van der Waals surface area contributed by atoms with Crippen molar-refractivity contribution in [3.05, 3.63) is 95.8 Å². The van der Waals surface area contributed by atoms with Crippen molar-refractivity contribution < 1.29 is 4.79 Å². The minimum absolute atomic E-state index is 0.141. The van der Waals surface area contributed by atoms with E-state index in [1.54, 1.807) is 6.08 Å². The van der Waals surface area contributed by atoms with Crippen LogP contribution >= 0.6 is 0 Å². The van der Waals surface area contributed by atoms with Crippen molar-refractivity contribution >= 4 is 11.7 Å². The van der Waals surface area contributed by atoms with Gasteiger partial charge in [0.2, 0.25) is 0 Å². The average Bonchev–Trinajstić information content (AvgIpc) is 2.90. The molecule has 1 amide bonds. The molecule has 4 rings (SSSR count). The molecular weight excluding hydrogens is 310 g/mol. The summed E-state index contributed by atoms with van der Waals surface area (Å²) in [5, 5.41) is 0. The van der Waals surface area contributed by atoms with Gasteiger partial charge in [-0.25, -0.2) is 0 Å². The Morgan fingerprint density at radius 1 is 0.920 bits per heavy atom. The lowest BCUT2D eigenvalue weighted by Gasteiger charge is -2.37. The molecule has 2 heterocycles. The molecule has 4 nitrogen and oxygen atoms in total. The second kappa shape index (κ2) is 6.06. The van der Waals surface area contributed by atoms with E-state index in [1.807, 2.05) is 77.8 Å². The number of carbonyl (C=O) groups excluding carboxylic acids is 1. The van der Waals surface area contributed by atoms with E-state index < -0.39 is 5.54 Å². The molecule has 0 bridgehead atoms. The minimum Gasteiger partial charge on any atom is -0.396 e. The molecule has 0 saturated carbocycles. The molecule has 124 valence electrons. The average molecular weight is 329 g/mol. The van der Waals surface area contributed by atoms with Crippen LogP contribution in [0.2, 0.25) is 0 Å². The van der Waals surface area contributed by atoms with Crippen LogP contribution < -0.4 is 5.73 Å². The quantitative estimate of drug-likeness (QED) is 0.938. The van der Waals surface area contributed by atoms with Crippen LogP contribution in [0.3, 0.4) is 0 Å². The smallest absolute Gasteiger partial charge is 0.274 e. The summed E-state index contributed by atoms with van der Waals surface area (Å²) < 4.78 is 0. The van der Waals surface area contributed by atoms with Crippen molar-refractivity contribution in [2.75, 3.05) is 0 Å². The number of amides is 1. The molecule has 0 unspecified atom stereocenters. The SMILES string of the molecule is NC1=CC=CN2C1=NC(=O)C2(Cc1ccccc1)Cc1ccccc1. The molecule has 0 saturated heterocycles. The number of rotatable bonds is 4. The molecule has 0 atom stereocenters. The lowest BCUT2D eigenvalue weighted by atomic mass is 9.83. The van der Waals surface area contributed by atoms with Crippen molar-refractivity contribution in [3.63, 3.8) is 0 Å². The number of fused-ring (bicyclic) bond motifs is 1. The second-order valence-electron chi connectivity index (χ2n) is 6.43. The van der Waals surface area contributed by atoms with Gasteiger partial charge in [-0.05, 0) is 23.3 Å². The summed E-state index contributed by atoms with van der Waals surface area (Å²) in [7, 11) is 0. The van der Waals surface area contributed by atoms with Crippen LogP contribution in [0.15, 0.2) is 89.7 Å². The first-order chi connectivity index (χ1) is 12.2. The van der Waals surface area contributed by atoms with Crippen LogP contribution in [0.25, 0.3) is 0 Å². The highest BCUT2D eigenvalue weighted by Crippen LogP contribution is 2.35. The van der Waals surface area contributed by atoms with Crippen LogP contribution in [0.1, 0.15) is 11.1 Å². The molecule has 0 spiro atoms. The molecule has 0 radical (unpaired) electrons. The Labute approximate surface area is 147 Å². The Morgan fingerprint density at radius 3 is 2.04 bits per heavy atom. The van der Waals surface area contributed by atoms with Gasteiger partial charge in [0.25, 0.3) is 5.91 Å².